The molecule has 0 atom stereocenters. The molecular weight excluding hydrogens is 367 g/mol. The van der Waals surface area contributed by atoms with Gasteiger partial charge in [0.25, 0.3) is 0 Å². The minimum Gasteiger partial charge on any atom is -0.413 e. The molecule has 2 heterocycles. The van der Waals surface area contributed by atoms with Gasteiger partial charge in [-0.3, -0.25) is 4.79 Å². The predicted octanol–water partition coefficient (Wildman–Crippen LogP) is 3.59. The van der Waals surface area contributed by atoms with Gasteiger partial charge >= 0.3 is 11.7 Å². The molecule has 0 saturated carbocycles. The van der Waals surface area contributed by atoms with Crippen molar-refractivity contribution in [3.63, 3.8) is 0 Å². The van der Waals surface area contributed by atoms with Crippen LogP contribution in [0.5, 0.6) is 0 Å². The highest BCUT2D eigenvalue weighted by atomic mass is 32.2. The fourth-order valence-corrected chi connectivity index (χ4v) is 3.62. The predicted molar refractivity (Wildman–Crippen MR) is 94.3 cm³/mol. The molecule has 0 fully saturated rings. The Labute approximate surface area is 151 Å². The van der Waals surface area contributed by atoms with E-state index in [9.17, 15) is 18.0 Å². The second kappa shape index (κ2) is 6.71. The van der Waals surface area contributed by atoms with Crippen LogP contribution in [0.15, 0.2) is 40.0 Å². The molecule has 2 aromatic heterocycles. The average molecular weight is 383 g/mol. The maximum atomic E-state index is 13.3. The number of halogens is 3. The Hall–Kier alpha value is -2.42. The lowest BCUT2D eigenvalue weighted by molar-refractivity contribution is -0.151. The van der Waals surface area contributed by atoms with Gasteiger partial charge in [0, 0.05) is 17.5 Å². The third kappa shape index (κ3) is 2.96. The molecule has 0 bridgehead atoms. The van der Waals surface area contributed by atoms with Crippen molar-refractivity contribution < 1.29 is 18.0 Å². The van der Waals surface area contributed by atoms with E-state index >= 15 is 0 Å². The Balaban J connectivity index is 2.34. The summed E-state index contributed by atoms with van der Waals surface area (Å²) >= 11 is 1.59. The lowest BCUT2D eigenvalue weighted by atomic mass is 10.2. The third-order valence-electron chi connectivity index (χ3n) is 3.90. The fourth-order valence-electron chi connectivity index (χ4n) is 2.82. The highest BCUT2D eigenvalue weighted by molar-refractivity contribution is 7.99. The van der Waals surface area contributed by atoms with Crippen LogP contribution >= 0.6 is 11.8 Å². The molecule has 5 nitrogen and oxygen atoms in total. The van der Waals surface area contributed by atoms with E-state index in [2.05, 4.69) is 9.82 Å². The normalized spacial score (nSPS) is 11.9. The van der Waals surface area contributed by atoms with E-state index in [0.29, 0.717) is 5.82 Å². The first-order chi connectivity index (χ1) is 12.3. The maximum absolute atomic E-state index is 13.3. The average Bonchev–Trinajstić information content (AvgIpc) is 2.92. The zero-order valence-electron chi connectivity index (χ0n) is 14.3. The summed E-state index contributed by atoms with van der Waals surface area (Å²) in [7, 11) is 2.62. The molecule has 9 heteroatoms. The summed E-state index contributed by atoms with van der Waals surface area (Å²) in [6.45, 7) is 2.00. The molecule has 0 N–H and O–H groups in total. The molecule has 0 spiro atoms. The number of aromatic nitrogens is 3. The minimum absolute atomic E-state index is 0.0237. The molecule has 0 aliphatic rings. The Morgan fingerprint density at radius 3 is 2.58 bits per heavy atom. The van der Waals surface area contributed by atoms with Gasteiger partial charge in [0.05, 0.1) is 5.52 Å². The monoisotopic (exact) mass is 383 g/mol. The molecular formula is C17H16F3N3O2S. The Morgan fingerprint density at radius 1 is 1.27 bits per heavy atom. The number of nitrogens with zero attached hydrogens (tertiary/aromatic N) is 3. The van der Waals surface area contributed by atoms with Gasteiger partial charge in [0.1, 0.15) is 18.5 Å². The molecule has 0 unspecified atom stereocenters. The molecule has 138 valence electrons. The number of imidazole rings is 1. The van der Waals surface area contributed by atoms with Crippen LogP contribution in [-0.2, 0) is 13.2 Å². The van der Waals surface area contributed by atoms with E-state index in [1.165, 1.54) is 4.57 Å². The van der Waals surface area contributed by atoms with E-state index in [1.807, 2.05) is 31.2 Å². The first-order valence-electron chi connectivity index (χ1n) is 7.76. The molecule has 0 aliphatic carbocycles. The fraction of sp³-hybridized carbons (Fsp3) is 0.294. The summed E-state index contributed by atoms with van der Waals surface area (Å²) in [6.07, 6.45) is -4.74. The van der Waals surface area contributed by atoms with E-state index in [4.69, 9.17) is 0 Å². The van der Waals surface area contributed by atoms with Crippen molar-refractivity contribution in [2.24, 2.45) is 7.05 Å². The zero-order chi connectivity index (χ0) is 19.1. The summed E-state index contributed by atoms with van der Waals surface area (Å²) in [5.74, 6) is 1.26. The van der Waals surface area contributed by atoms with Crippen molar-refractivity contribution in [3.8, 4) is 11.4 Å². The SMILES string of the molecule is CCSc1ccccc1-c1nc2cc(C(F)(F)F)n(OC)c(=O)c2n1C. The van der Waals surface area contributed by atoms with E-state index < -0.39 is 17.4 Å². The highest BCUT2D eigenvalue weighted by Gasteiger charge is 2.37. The Morgan fingerprint density at radius 2 is 1.96 bits per heavy atom. The topological polar surface area (TPSA) is 49.1 Å². The van der Waals surface area contributed by atoms with Crippen molar-refractivity contribution >= 4 is 22.8 Å². The van der Waals surface area contributed by atoms with Crippen molar-refractivity contribution in [1.82, 2.24) is 14.3 Å². The van der Waals surface area contributed by atoms with Crippen LogP contribution in [-0.4, -0.2) is 27.1 Å². The first kappa shape index (κ1) is 18.4. The molecule has 26 heavy (non-hydrogen) atoms. The standard InChI is InChI=1S/C17H16F3N3O2S/c1-4-26-12-8-6-5-7-10(12)15-21-11-9-13(17(18,19)20)23(25-3)16(24)14(11)22(15)2/h5-9H,4H2,1-3H3. The van der Waals surface area contributed by atoms with Gasteiger partial charge < -0.3 is 9.40 Å². The molecule has 0 saturated heterocycles. The lowest BCUT2D eigenvalue weighted by Crippen LogP contribution is -2.32. The van der Waals surface area contributed by atoms with E-state index in [1.54, 1.807) is 18.8 Å². The van der Waals surface area contributed by atoms with Gasteiger partial charge in [-0.25, -0.2) is 4.98 Å². The molecule has 3 aromatic rings. The summed E-state index contributed by atoms with van der Waals surface area (Å²) in [6, 6.07) is 8.28. The molecule has 3 rings (SSSR count). The Bertz CT molecular complexity index is 1020. The number of alkyl halides is 3. The molecule has 0 aliphatic heterocycles. The smallest absolute Gasteiger partial charge is 0.413 e. The number of thioether (sulfide) groups is 1. The first-order valence-corrected chi connectivity index (χ1v) is 8.74. The van der Waals surface area contributed by atoms with Crippen LogP contribution in [0.1, 0.15) is 12.6 Å². The lowest BCUT2D eigenvalue weighted by Gasteiger charge is -2.13. The summed E-state index contributed by atoms with van der Waals surface area (Å²) in [4.78, 5) is 22.5. The second-order valence-electron chi connectivity index (χ2n) is 5.47. The number of fused-ring (bicyclic) bond motifs is 1. The van der Waals surface area contributed by atoms with Crippen LogP contribution in [0.2, 0.25) is 0 Å². The van der Waals surface area contributed by atoms with Gasteiger partial charge in [0.15, 0.2) is 5.69 Å². The molecule has 0 radical (unpaired) electrons. The number of aryl methyl sites for hydroxylation is 1. The maximum Gasteiger partial charge on any atom is 0.435 e. The van der Waals surface area contributed by atoms with Gasteiger partial charge in [-0.1, -0.05) is 25.1 Å². The summed E-state index contributed by atoms with van der Waals surface area (Å²) in [5.41, 5.74) is -1.32. The van der Waals surface area contributed by atoms with Crippen molar-refractivity contribution in [1.29, 1.82) is 0 Å². The quantitative estimate of drug-likeness (QED) is 0.646. The van der Waals surface area contributed by atoms with Crippen LogP contribution in [0.25, 0.3) is 22.4 Å². The van der Waals surface area contributed by atoms with Gasteiger partial charge in [-0.05, 0) is 17.9 Å². The van der Waals surface area contributed by atoms with Crippen LogP contribution in [0, 0.1) is 0 Å². The third-order valence-corrected chi connectivity index (χ3v) is 4.86. The van der Waals surface area contributed by atoms with Gasteiger partial charge in [-0.2, -0.15) is 13.2 Å². The summed E-state index contributed by atoms with van der Waals surface area (Å²) < 4.78 is 41.5. The Kier molecular flexibility index (Phi) is 4.74. The molecule has 1 aromatic carbocycles. The van der Waals surface area contributed by atoms with Crippen LogP contribution < -0.4 is 10.4 Å². The van der Waals surface area contributed by atoms with Crippen molar-refractivity contribution in [3.05, 3.63) is 46.4 Å². The van der Waals surface area contributed by atoms with Crippen molar-refractivity contribution in [2.75, 3.05) is 12.9 Å². The van der Waals surface area contributed by atoms with Gasteiger partial charge in [0.2, 0.25) is 0 Å². The number of benzene rings is 1. The minimum atomic E-state index is -4.74. The highest BCUT2D eigenvalue weighted by Crippen LogP contribution is 2.33. The van der Waals surface area contributed by atoms with Crippen LogP contribution in [0.4, 0.5) is 13.2 Å². The van der Waals surface area contributed by atoms with Crippen molar-refractivity contribution in [2.45, 2.75) is 18.0 Å². The number of hydrogen-bond acceptors (Lipinski definition) is 4. The number of rotatable bonds is 4. The number of pyridine rings is 1. The van der Waals surface area contributed by atoms with E-state index in [-0.39, 0.29) is 15.8 Å². The number of hydrogen-bond donors (Lipinski definition) is 0. The largest absolute Gasteiger partial charge is 0.435 e. The zero-order valence-corrected chi connectivity index (χ0v) is 15.1. The van der Waals surface area contributed by atoms with Gasteiger partial charge in [-0.15, -0.1) is 16.5 Å². The molecule has 0 amide bonds. The van der Waals surface area contributed by atoms with Crippen LogP contribution in [0.3, 0.4) is 0 Å². The van der Waals surface area contributed by atoms with E-state index in [0.717, 1.165) is 29.4 Å². The second-order valence-corrected chi connectivity index (χ2v) is 6.77. The summed E-state index contributed by atoms with van der Waals surface area (Å²) in [5, 5.41) is 0.